The fourth-order valence-corrected chi connectivity index (χ4v) is 4.87. The van der Waals surface area contributed by atoms with E-state index in [1.807, 2.05) is 0 Å². The molecule has 4 aliphatic rings. The zero-order chi connectivity index (χ0) is 13.5. The van der Waals surface area contributed by atoms with Gasteiger partial charge in [-0.25, -0.2) is 0 Å². The highest BCUT2D eigenvalue weighted by molar-refractivity contribution is 5.32. The van der Waals surface area contributed by atoms with Gasteiger partial charge in [-0.1, -0.05) is 36.5 Å². The van der Waals surface area contributed by atoms with E-state index in [-0.39, 0.29) is 0 Å². The average Bonchev–Trinajstić information content (AvgIpc) is 2.83. The van der Waals surface area contributed by atoms with Crippen LogP contribution in [0.4, 0.5) is 0 Å². The molecule has 0 N–H and O–H groups in total. The first-order chi connectivity index (χ1) is 9.86. The Morgan fingerprint density at radius 2 is 1.55 bits per heavy atom. The number of likely N-dealkylation sites (tertiary alicyclic amines) is 1. The maximum atomic E-state index is 2.79. The summed E-state index contributed by atoms with van der Waals surface area (Å²) in [5, 5.41) is 0. The molecule has 106 valence electrons. The van der Waals surface area contributed by atoms with Crippen LogP contribution in [0.5, 0.6) is 0 Å². The van der Waals surface area contributed by atoms with Crippen molar-refractivity contribution in [1.29, 1.82) is 0 Å². The predicted molar refractivity (Wildman–Crippen MR) is 84.2 cm³/mol. The molecule has 0 aromatic rings. The van der Waals surface area contributed by atoms with Crippen molar-refractivity contribution in [2.45, 2.75) is 57.5 Å². The van der Waals surface area contributed by atoms with Gasteiger partial charge < -0.3 is 4.90 Å². The molecule has 1 fully saturated rings. The van der Waals surface area contributed by atoms with Crippen molar-refractivity contribution >= 4 is 0 Å². The van der Waals surface area contributed by atoms with Crippen molar-refractivity contribution in [2.75, 3.05) is 0 Å². The lowest BCUT2D eigenvalue weighted by molar-refractivity contribution is 0.272. The molecule has 1 heteroatoms. The van der Waals surface area contributed by atoms with Crippen LogP contribution in [0, 0.1) is 11.8 Å². The Balaban J connectivity index is 1.77. The Bertz CT molecular complexity index is 480. The topological polar surface area (TPSA) is 3.24 Å². The number of fused-ring (bicyclic) bond motifs is 3. The van der Waals surface area contributed by atoms with Crippen molar-refractivity contribution in [3.8, 4) is 0 Å². The smallest absolute Gasteiger partial charge is 0.0508 e. The summed E-state index contributed by atoms with van der Waals surface area (Å²) in [5.41, 5.74) is 3.11. The molecule has 0 aromatic heterocycles. The quantitative estimate of drug-likeness (QED) is 0.628. The van der Waals surface area contributed by atoms with E-state index in [1.165, 1.54) is 44.1 Å². The number of rotatable bonds is 1. The summed E-state index contributed by atoms with van der Waals surface area (Å²) < 4.78 is 0. The third kappa shape index (κ3) is 1.82. The van der Waals surface area contributed by atoms with Gasteiger partial charge in [-0.3, -0.25) is 0 Å². The van der Waals surface area contributed by atoms with Gasteiger partial charge >= 0.3 is 0 Å². The van der Waals surface area contributed by atoms with Crippen LogP contribution in [0.1, 0.15) is 45.4 Å². The van der Waals surface area contributed by atoms with E-state index in [4.69, 9.17) is 0 Å². The van der Waals surface area contributed by atoms with Gasteiger partial charge in [0.2, 0.25) is 0 Å². The van der Waals surface area contributed by atoms with Gasteiger partial charge in [0.05, 0.1) is 12.1 Å². The van der Waals surface area contributed by atoms with Crippen LogP contribution >= 0.6 is 0 Å². The molecule has 0 aromatic carbocycles. The molecule has 20 heavy (non-hydrogen) atoms. The summed E-state index contributed by atoms with van der Waals surface area (Å²) >= 11 is 0. The van der Waals surface area contributed by atoms with Crippen molar-refractivity contribution in [3.05, 3.63) is 47.7 Å². The van der Waals surface area contributed by atoms with Crippen molar-refractivity contribution in [2.24, 2.45) is 11.8 Å². The SMILES string of the molecule is CC1=C(N2C3C=CCCC3C3CCC=CC32)CCC=C1. The minimum absolute atomic E-state index is 0.665. The van der Waals surface area contributed by atoms with Crippen LogP contribution in [0.15, 0.2) is 47.7 Å². The van der Waals surface area contributed by atoms with E-state index in [2.05, 4.69) is 48.3 Å². The highest BCUT2D eigenvalue weighted by Gasteiger charge is 2.48. The largest absolute Gasteiger partial charge is 0.361 e. The standard InChI is InChI=1S/C19H25N/c1-14-8-2-5-11-17(14)20-18-12-6-3-9-15(18)16-10-4-7-13-19(16)20/h2,6-8,12-13,15-16,18-19H,3-5,9-11H2,1H3. The average molecular weight is 267 g/mol. The second kappa shape index (κ2) is 4.95. The number of hydrogen-bond acceptors (Lipinski definition) is 1. The minimum atomic E-state index is 0.665. The van der Waals surface area contributed by atoms with Gasteiger partial charge in [-0.15, -0.1) is 0 Å². The second-order valence-electron chi connectivity index (χ2n) is 6.80. The molecule has 0 radical (unpaired) electrons. The highest BCUT2D eigenvalue weighted by Crippen LogP contribution is 2.48. The number of nitrogens with zero attached hydrogens (tertiary/aromatic N) is 1. The molecule has 1 nitrogen and oxygen atoms in total. The molecule has 3 aliphatic carbocycles. The van der Waals surface area contributed by atoms with Gasteiger partial charge in [0, 0.05) is 5.70 Å². The van der Waals surface area contributed by atoms with Crippen LogP contribution < -0.4 is 0 Å². The first kappa shape index (κ1) is 12.5. The Morgan fingerprint density at radius 3 is 2.15 bits per heavy atom. The fraction of sp³-hybridized carbons (Fsp3) is 0.579. The number of allylic oxidation sites excluding steroid dienone is 6. The van der Waals surface area contributed by atoms with E-state index in [0.29, 0.717) is 12.1 Å². The molecule has 4 rings (SSSR count). The van der Waals surface area contributed by atoms with Gasteiger partial charge in [0.15, 0.2) is 0 Å². The molecule has 0 saturated carbocycles. The molecule has 1 saturated heterocycles. The Morgan fingerprint density at radius 1 is 0.900 bits per heavy atom. The van der Waals surface area contributed by atoms with E-state index in [9.17, 15) is 0 Å². The molecule has 4 atom stereocenters. The lowest BCUT2D eigenvalue weighted by atomic mass is 9.77. The molecular weight excluding hydrogens is 242 g/mol. The molecule has 0 amide bonds. The number of hydrogen-bond donors (Lipinski definition) is 0. The molecule has 1 aliphatic heterocycles. The van der Waals surface area contributed by atoms with Crippen molar-refractivity contribution in [3.63, 3.8) is 0 Å². The summed E-state index contributed by atoms with van der Waals surface area (Å²) in [6, 6.07) is 1.33. The summed E-state index contributed by atoms with van der Waals surface area (Å²) in [4.78, 5) is 2.79. The van der Waals surface area contributed by atoms with Crippen LogP contribution in [0.3, 0.4) is 0 Å². The third-order valence-electron chi connectivity index (χ3n) is 5.75. The zero-order valence-electron chi connectivity index (χ0n) is 12.5. The van der Waals surface area contributed by atoms with Crippen LogP contribution in [0.25, 0.3) is 0 Å². The summed E-state index contributed by atoms with van der Waals surface area (Å²) in [7, 11) is 0. The van der Waals surface area contributed by atoms with E-state index < -0.39 is 0 Å². The first-order valence-corrected chi connectivity index (χ1v) is 8.34. The van der Waals surface area contributed by atoms with Gasteiger partial charge in [0.25, 0.3) is 0 Å². The zero-order valence-corrected chi connectivity index (χ0v) is 12.5. The van der Waals surface area contributed by atoms with Crippen LogP contribution in [-0.2, 0) is 0 Å². The van der Waals surface area contributed by atoms with Gasteiger partial charge in [-0.2, -0.15) is 0 Å². The molecular formula is C19H25N. The van der Waals surface area contributed by atoms with E-state index >= 15 is 0 Å². The Hall–Kier alpha value is -1.24. The van der Waals surface area contributed by atoms with Crippen LogP contribution in [-0.4, -0.2) is 17.0 Å². The lowest BCUT2D eigenvalue weighted by Crippen LogP contribution is -2.37. The van der Waals surface area contributed by atoms with E-state index in [0.717, 1.165) is 11.8 Å². The normalized spacial score (nSPS) is 39.1. The van der Waals surface area contributed by atoms with Gasteiger partial charge in [0.1, 0.15) is 0 Å². The summed E-state index contributed by atoms with van der Waals surface area (Å²) in [6.07, 6.45) is 22.4. The summed E-state index contributed by atoms with van der Waals surface area (Å²) in [6.45, 7) is 2.30. The third-order valence-corrected chi connectivity index (χ3v) is 5.75. The Labute approximate surface area is 122 Å². The maximum Gasteiger partial charge on any atom is 0.0508 e. The molecule has 1 heterocycles. The van der Waals surface area contributed by atoms with E-state index in [1.54, 1.807) is 5.70 Å². The predicted octanol–water partition coefficient (Wildman–Crippen LogP) is 4.60. The van der Waals surface area contributed by atoms with Gasteiger partial charge in [-0.05, 0) is 62.9 Å². The fourth-order valence-electron chi connectivity index (χ4n) is 4.87. The van der Waals surface area contributed by atoms with Crippen molar-refractivity contribution in [1.82, 2.24) is 4.90 Å². The second-order valence-corrected chi connectivity index (χ2v) is 6.80. The molecule has 4 unspecified atom stereocenters. The van der Waals surface area contributed by atoms with Crippen molar-refractivity contribution < 1.29 is 0 Å². The molecule has 0 bridgehead atoms. The highest BCUT2D eigenvalue weighted by atomic mass is 15.2. The van der Waals surface area contributed by atoms with Crippen LogP contribution in [0.2, 0.25) is 0 Å². The lowest BCUT2D eigenvalue weighted by Gasteiger charge is -2.36. The molecule has 0 spiro atoms. The summed E-state index contributed by atoms with van der Waals surface area (Å²) in [5.74, 6) is 1.78. The maximum absolute atomic E-state index is 2.79. The first-order valence-electron chi connectivity index (χ1n) is 8.34. The Kier molecular flexibility index (Phi) is 3.09. The monoisotopic (exact) mass is 267 g/mol. The minimum Gasteiger partial charge on any atom is -0.361 e.